The first-order valence-electron chi connectivity index (χ1n) is 20.4. The van der Waals surface area contributed by atoms with Gasteiger partial charge in [-0.2, -0.15) is 5.10 Å². The minimum Gasteiger partial charge on any atom is -0.474 e. The molecule has 13 nitrogen and oxygen atoms in total. The lowest BCUT2D eigenvalue weighted by molar-refractivity contribution is -0.120. The van der Waals surface area contributed by atoms with Gasteiger partial charge in [-0.3, -0.25) is 19.7 Å². The molecular formula is C44H50N10O3. The van der Waals surface area contributed by atoms with Gasteiger partial charge < -0.3 is 20.3 Å². The van der Waals surface area contributed by atoms with Gasteiger partial charge in [-0.15, -0.1) is 0 Å². The van der Waals surface area contributed by atoms with Gasteiger partial charge in [0.05, 0.1) is 17.4 Å². The molecule has 2 fully saturated rings. The highest BCUT2D eigenvalue weighted by atomic mass is 16.5. The number of nitrogens with one attached hydrogen (secondary N) is 3. The first-order chi connectivity index (χ1) is 27.8. The Hall–Kier alpha value is -5.82. The number of anilines is 4. The van der Waals surface area contributed by atoms with Crippen LogP contribution in [0.1, 0.15) is 61.6 Å². The number of benzene rings is 2. The molecule has 2 aromatic carbocycles. The second kappa shape index (κ2) is 16.0. The van der Waals surface area contributed by atoms with Crippen molar-refractivity contribution in [2.75, 3.05) is 54.9 Å². The summed E-state index contributed by atoms with van der Waals surface area (Å²) in [5, 5.41) is 14.9. The molecule has 0 radical (unpaired) electrons. The molecule has 9 rings (SSSR count). The first kappa shape index (κ1) is 36.8. The molecule has 1 atom stereocenters. The molecule has 3 N–H and O–H groups in total. The fraction of sp³-hybridized carbons (Fsp3) is 0.409. The molecule has 13 heteroatoms. The Bertz CT molecular complexity index is 2350. The van der Waals surface area contributed by atoms with Crippen molar-refractivity contribution in [3.63, 3.8) is 0 Å². The van der Waals surface area contributed by atoms with E-state index in [1.165, 1.54) is 36.8 Å². The van der Waals surface area contributed by atoms with Gasteiger partial charge in [0, 0.05) is 67.8 Å². The number of amides is 3. The first-order valence-corrected chi connectivity index (χ1v) is 20.4. The summed E-state index contributed by atoms with van der Waals surface area (Å²) in [6.07, 6.45) is 17.3. The number of pyridine rings is 1. The molecule has 6 heterocycles. The Kier molecular flexibility index (Phi) is 10.3. The average molecular weight is 767 g/mol. The van der Waals surface area contributed by atoms with E-state index < -0.39 is 0 Å². The topological polar surface area (TPSA) is 142 Å². The smallest absolute Gasteiger partial charge is 0.328 e. The van der Waals surface area contributed by atoms with Crippen LogP contribution >= 0.6 is 0 Å². The third kappa shape index (κ3) is 8.06. The number of aryl methyl sites for hydroxylation is 1. The standard InChI is InChI=1S/C44H50N10O3/c1-28-20-33(10-11-39(28)54-18-14-40(55)51-44(54)56)32-5-3-4-30(6-7-32)25-52-16-12-31(13-17-52)26-53-27-36(23-48-53)49-43-47-22-35-9-8-34(21-38(35)50-43)37-24-46-42-41(29(37)2)45-15-19-57-42/h5,8-11,20-24,27,30-31,45H,3-4,6-7,12-19,25-26H2,1-2H3,(H,47,49,50)(H,51,55,56). The number of ether oxygens (including phenoxy) is 1. The molecule has 4 aliphatic rings. The number of piperidine rings is 1. The zero-order valence-electron chi connectivity index (χ0n) is 32.8. The number of likely N-dealkylation sites (tertiary alicyclic amines) is 1. The van der Waals surface area contributed by atoms with Crippen molar-refractivity contribution >= 4 is 51.4 Å². The summed E-state index contributed by atoms with van der Waals surface area (Å²) in [7, 11) is 0. The zero-order valence-corrected chi connectivity index (χ0v) is 32.8. The van der Waals surface area contributed by atoms with Gasteiger partial charge in [-0.25, -0.2) is 19.7 Å². The van der Waals surface area contributed by atoms with Crippen LogP contribution in [0, 0.1) is 25.7 Å². The van der Waals surface area contributed by atoms with Crippen molar-refractivity contribution in [1.29, 1.82) is 0 Å². The lowest BCUT2D eigenvalue weighted by Gasteiger charge is -2.34. The molecule has 3 aromatic heterocycles. The number of urea groups is 1. The Labute approximate surface area is 332 Å². The maximum absolute atomic E-state index is 12.4. The summed E-state index contributed by atoms with van der Waals surface area (Å²) in [5.41, 5.74) is 10.5. The van der Waals surface area contributed by atoms with Crippen LogP contribution in [0.5, 0.6) is 5.88 Å². The molecule has 57 heavy (non-hydrogen) atoms. The number of carbonyl (C=O) groups excluding carboxylic acids is 2. The van der Waals surface area contributed by atoms with Crippen LogP contribution < -0.4 is 25.6 Å². The molecule has 1 unspecified atom stereocenters. The normalized spacial score (nSPS) is 19.3. The highest BCUT2D eigenvalue weighted by Gasteiger charge is 2.27. The molecule has 0 bridgehead atoms. The van der Waals surface area contributed by atoms with Crippen molar-refractivity contribution in [1.82, 2.24) is 34.9 Å². The van der Waals surface area contributed by atoms with Gasteiger partial charge in [-0.1, -0.05) is 24.3 Å². The number of aromatic nitrogens is 5. The van der Waals surface area contributed by atoms with Crippen LogP contribution in [0.25, 0.3) is 27.6 Å². The fourth-order valence-electron chi connectivity index (χ4n) is 8.90. The van der Waals surface area contributed by atoms with Gasteiger partial charge in [-0.05, 0) is 123 Å². The number of imide groups is 1. The number of nitrogens with zero attached hydrogens (tertiary/aromatic N) is 7. The van der Waals surface area contributed by atoms with E-state index in [9.17, 15) is 9.59 Å². The van der Waals surface area contributed by atoms with Crippen LogP contribution in [-0.4, -0.2) is 80.9 Å². The third-order valence-corrected chi connectivity index (χ3v) is 12.1. The molecule has 294 valence electrons. The quantitative estimate of drug-likeness (QED) is 0.138. The molecular weight excluding hydrogens is 717 g/mol. The second-order valence-corrected chi connectivity index (χ2v) is 16.0. The monoisotopic (exact) mass is 766 g/mol. The van der Waals surface area contributed by atoms with E-state index in [2.05, 4.69) is 97.1 Å². The van der Waals surface area contributed by atoms with Gasteiger partial charge >= 0.3 is 6.03 Å². The van der Waals surface area contributed by atoms with Crippen LogP contribution in [0.15, 0.2) is 67.3 Å². The van der Waals surface area contributed by atoms with Crippen molar-refractivity contribution in [3.05, 3.63) is 84.0 Å². The highest BCUT2D eigenvalue weighted by molar-refractivity contribution is 6.06. The van der Waals surface area contributed by atoms with Gasteiger partial charge in [0.1, 0.15) is 12.3 Å². The summed E-state index contributed by atoms with van der Waals surface area (Å²) in [4.78, 5) is 42.4. The molecule has 3 aliphatic heterocycles. The summed E-state index contributed by atoms with van der Waals surface area (Å²) in [6, 6.07) is 12.3. The van der Waals surface area contributed by atoms with Crippen LogP contribution in [0.2, 0.25) is 0 Å². The molecule has 0 saturated carbocycles. The maximum Gasteiger partial charge on any atom is 0.328 e. The predicted octanol–water partition coefficient (Wildman–Crippen LogP) is 7.49. The fourth-order valence-corrected chi connectivity index (χ4v) is 8.90. The van der Waals surface area contributed by atoms with E-state index in [0.717, 1.165) is 95.8 Å². The lowest BCUT2D eigenvalue weighted by Crippen LogP contribution is -2.49. The summed E-state index contributed by atoms with van der Waals surface area (Å²) < 4.78 is 7.78. The number of rotatable bonds is 9. The number of allylic oxidation sites excluding steroid dienone is 2. The van der Waals surface area contributed by atoms with E-state index >= 15 is 0 Å². The van der Waals surface area contributed by atoms with E-state index in [4.69, 9.17) is 9.72 Å². The van der Waals surface area contributed by atoms with Crippen LogP contribution in [-0.2, 0) is 11.3 Å². The summed E-state index contributed by atoms with van der Waals surface area (Å²) in [5.74, 6) is 2.27. The Morgan fingerprint density at radius 1 is 0.895 bits per heavy atom. The van der Waals surface area contributed by atoms with Crippen LogP contribution in [0.4, 0.5) is 27.8 Å². The number of hydrogen-bond donors (Lipinski definition) is 3. The average Bonchev–Trinajstić information content (AvgIpc) is 3.52. The van der Waals surface area contributed by atoms with Crippen molar-refractivity contribution < 1.29 is 14.3 Å². The molecule has 5 aromatic rings. The Balaban J connectivity index is 0.749. The molecule has 3 amide bonds. The SMILES string of the molecule is Cc1cc(C2=CCCC(CN3CCC(Cn4cc(Nc5ncc6ccc(-c7cnc8c(c7C)NCCO8)cc6n5)cn4)CC3)CC2)ccc1N1CCC(=O)NC1=O. The van der Waals surface area contributed by atoms with Gasteiger partial charge in [0.15, 0.2) is 0 Å². The Morgan fingerprint density at radius 3 is 2.61 bits per heavy atom. The third-order valence-electron chi connectivity index (χ3n) is 12.1. The lowest BCUT2D eigenvalue weighted by atomic mass is 9.93. The van der Waals surface area contributed by atoms with Gasteiger partial charge in [0.25, 0.3) is 0 Å². The van der Waals surface area contributed by atoms with E-state index in [1.807, 2.05) is 24.7 Å². The molecule has 2 saturated heterocycles. The summed E-state index contributed by atoms with van der Waals surface area (Å²) in [6.45, 7) is 10.3. The number of fused-ring (bicyclic) bond motifs is 2. The van der Waals surface area contributed by atoms with Crippen LogP contribution in [0.3, 0.4) is 0 Å². The van der Waals surface area contributed by atoms with E-state index in [-0.39, 0.29) is 11.9 Å². The largest absolute Gasteiger partial charge is 0.474 e. The maximum atomic E-state index is 12.4. The van der Waals surface area contributed by atoms with E-state index in [0.29, 0.717) is 43.2 Å². The Morgan fingerprint density at radius 2 is 1.75 bits per heavy atom. The minimum atomic E-state index is -0.334. The zero-order chi connectivity index (χ0) is 38.9. The summed E-state index contributed by atoms with van der Waals surface area (Å²) >= 11 is 0. The van der Waals surface area contributed by atoms with Gasteiger partial charge in [0.2, 0.25) is 17.7 Å². The predicted molar refractivity (Wildman–Crippen MR) is 223 cm³/mol. The van der Waals surface area contributed by atoms with Crippen molar-refractivity contribution in [2.24, 2.45) is 11.8 Å². The molecule has 0 spiro atoms. The number of carbonyl (C=O) groups is 2. The van der Waals surface area contributed by atoms with Crippen molar-refractivity contribution in [3.8, 4) is 17.0 Å². The highest BCUT2D eigenvalue weighted by Crippen LogP contribution is 2.37. The molecule has 1 aliphatic carbocycles. The minimum absolute atomic E-state index is 0.209. The van der Waals surface area contributed by atoms with E-state index in [1.54, 1.807) is 4.90 Å². The second-order valence-electron chi connectivity index (χ2n) is 16.0. The van der Waals surface area contributed by atoms with Crippen molar-refractivity contribution in [2.45, 2.75) is 65.3 Å². The number of hydrogen-bond acceptors (Lipinski definition) is 10.